The van der Waals surface area contributed by atoms with Gasteiger partial charge in [-0.25, -0.2) is 4.68 Å². The number of carbonyl (C=O) groups is 5. The van der Waals surface area contributed by atoms with E-state index in [0.29, 0.717) is 23.3 Å². The molecule has 1 aliphatic rings. The molecule has 204 valence electrons. The molecule has 0 aliphatic carbocycles. The minimum absolute atomic E-state index is 0.0341. The van der Waals surface area contributed by atoms with Gasteiger partial charge in [-0.1, -0.05) is 17.3 Å². The van der Waals surface area contributed by atoms with Gasteiger partial charge >= 0.3 is 23.9 Å². The van der Waals surface area contributed by atoms with Crippen molar-refractivity contribution in [1.82, 2.24) is 15.0 Å². The summed E-state index contributed by atoms with van der Waals surface area (Å²) < 4.78 is 34.2. The average molecular weight is 533 g/mol. The number of esters is 4. The van der Waals surface area contributed by atoms with Crippen LogP contribution in [0.1, 0.15) is 50.0 Å². The molecule has 0 spiro atoms. The maximum Gasteiger partial charge on any atom is 0.303 e. The van der Waals surface area contributed by atoms with E-state index in [9.17, 15) is 24.0 Å². The second-order valence-electron chi connectivity index (χ2n) is 8.26. The van der Waals surface area contributed by atoms with E-state index in [1.165, 1.54) is 17.8 Å². The molecule has 5 atom stereocenters. The molecule has 0 N–H and O–H groups in total. The number of hydrogen-bond acceptors (Lipinski definition) is 13. The van der Waals surface area contributed by atoms with Crippen molar-refractivity contribution in [3.8, 4) is 5.75 Å². The van der Waals surface area contributed by atoms with E-state index in [4.69, 9.17) is 28.4 Å². The van der Waals surface area contributed by atoms with Crippen molar-refractivity contribution >= 4 is 30.2 Å². The van der Waals surface area contributed by atoms with Gasteiger partial charge in [-0.15, -0.1) is 5.10 Å². The number of carbonyl (C=O) groups excluding carboxylic acids is 5. The van der Waals surface area contributed by atoms with Crippen LogP contribution in [0.25, 0.3) is 0 Å². The van der Waals surface area contributed by atoms with Crippen LogP contribution >= 0.6 is 0 Å². The van der Waals surface area contributed by atoms with Crippen molar-refractivity contribution in [2.75, 3.05) is 6.61 Å². The Morgan fingerprint density at radius 3 is 2.24 bits per heavy atom. The molecule has 1 aliphatic heterocycles. The van der Waals surface area contributed by atoms with Gasteiger partial charge in [0.05, 0.1) is 6.20 Å². The summed E-state index contributed by atoms with van der Waals surface area (Å²) in [7, 11) is 0. The number of aromatic nitrogens is 3. The van der Waals surface area contributed by atoms with Gasteiger partial charge in [0.1, 0.15) is 37.0 Å². The molecule has 0 bridgehead atoms. The van der Waals surface area contributed by atoms with Crippen LogP contribution in [0.15, 0.2) is 30.5 Å². The van der Waals surface area contributed by atoms with Crippen molar-refractivity contribution in [1.29, 1.82) is 0 Å². The van der Waals surface area contributed by atoms with Crippen LogP contribution in [0.5, 0.6) is 5.75 Å². The molecule has 1 saturated heterocycles. The van der Waals surface area contributed by atoms with Gasteiger partial charge in [-0.3, -0.25) is 24.0 Å². The molecule has 14 heteroatoms. The van der Waals surface area contributed by atoms with Gasteiger partial charge in [-0.05, 0) is 12.1 Å². The topological polar surface area (TPSA) is 171 Å². The fourth-order valence-electron chi connectivity index (χ4n) is 3.76. The molecule has 2 aromatic rings. The molecule has 0 unspecified atom stereocenters. The molecular formula is C24H27N3O11. The number of rotatable bonds is 10. The lowest BCUT2D eigenvalue weighted by atomic mass is 9.97. The lowest BCUT2D eigenvalue weighted by molar-refractivity contribution is -0.270. The zero-order valence-electron chi connectivity index (χ0n) is 21.1. The van der Waals surface area contributed by atoms with Crippen LogP contribution in [0.4, 0.5) is 0 Å². The Balaban J connectivity index is 1.91. The first kappa shape index (κ1) is 28.2. The zero-order valence-corrected chi connectivity index (χ0v) is 21.1. The molecule has 0 amide bonds. The maximum atomic E-state index is 12.0. The number of benzene rings is 1. The highest BCUT2D eigenvalue weighted by Gasteiger charge is 2.53. The Morgan fingerprint density at radius 2 is 1.61 bits per heavy atom. The molecule has 1 aromatic carbocycles. The summed E-state index contributed by atoms with van der Waals surface area (Å²) in [5.74, 6) is -2.42. The monoisotopic (exact) mass is 533 g/mol. The number of hydrogen-bond donors (Lipinski definition) is 0. The molecule has 0 radical (unpaired) electrons. The van der Waals surface area contributed by atoms with Crippen LogP contribution in [-0.2, 0) is 49.5 Å². The lowest BCUT2D eigenvalue weighted by Gasteiger charge is -2.44. The normalized spacial score (nSPS) is 22.6. The van der Waals surface area contributed by atoms with E-state index in [2.05, 4.69) is 10.3 Å². The summed E-state index contributed by atoms with van der Waals surface area (Å²) in [6.45, 7) is 4.18. The van der Waals surface area contributed by atoms with Gasteiger partial charge in [0.2, 0.25) is 0 Å². The Kier molecular flexibility index (Phi) is 9.49. The summed E-state index contributed by atoms with van der Waals surface area (Å²) in [5.41, 5.74) is 0.776. The van der Waals surface area contributed by atoms with E-state index in [0.717, 1.165) is 20.8 Å². The number of nitrogens with zero attached hydrogens (tertiary/aromatic N) is 3. The molecule has 1 aromatic heterocycles. The van der Waals surface area contributed by atoms with E-state index >= 15 is 0 Å². The number of ether oxygens (including phenoxy) is 6. The van der Waals surface area contributed by atoms with Crippen molar-refractivity contribution in [2.24, 2.45) is 0 Å². The van der Waals surface area contributed by atoms with Crippen LogP contribution in [0.2, 0.25) is 0 Å². The first-order chi connectivity index (χ1) is 18.1. The van der Waals surface area contributed by atoms with Gasteiger partial charge in [0, 0.05) is 33.3 Å². The first-order valence-corrected chi connectivity index (χ1v) is 11.5. The maximum absolute atomic E-state index is 12.0. The standard InChI is InChI=1S/C24H27N3O11/c1-13(29)33-12-20-21(35-14(2)30)22(36-15(3)31)23(37-16(4)32)24(38-20)27-9-18(25-26-27)11-34-19-7-5-6-17(8-19)10-28/h5-10,20-24H,11-12H2,1-4H3/t20-,21-,22+,23-,24-/m1/s1. The van der Waals surface area contributed by atoms with Crippen LogP contribution in [-0.4, -0.2) is 76.2 Å². The quantitative estimate of drug-likeness (QED) is 0.240. The highest BCUT2D eigenvalue weighted by molar-refractivity contribution is 5.75. The first-order valence-electron chi connectivity index (χ1n) is 11.5. The average Bonchev–Trinajstić information content (AvgIpc) is 3.32. The van der Waals surface area contributed by atoms with E-state index in [1.807, 2.05) is 0 Å². The largest absolute Gasteiger partial charge is 0.487 e. The molecule has 0 saturated carbocycles. The van der Waals surface area contributed by atoms with Gasteiger partial charge < -0.3 is 28.4 Å². The second-order valence-corrected chi connectivity index (χ2v) is 8.26. The fourth-order valence-corrected chi connectivity index (χ4v) is 3.76. The molecule has 2 heterocycles. The molecule has 1 fully saturated rings. The third-order valence-corrected chi connectivity index (χ3v) is 5.17. The minimum atomic E-state index is -1.34. The summed E-state index contributed by atoms with van der Waals surface area (Å²) in [6, 6.07) is 6.50. The predicted molar refractivity (Wildman–Crippen MR) is 123 cm³/mol. The van der Waals surface area contributed by atoms with Crippen molar-refractivity contribution < 1.29 is 52.4 Å². The smallest absolute Gasteiger partial charge is 0.303 e. The summed E-state index contributed by atoms with van der Waals surface area (Å²) >= 11 is 0. The Labute approximate surface area is 217 Å². The van der Waals surface area contributed by atoms with E-state index in [-0.39, 0.29) is 13.2 Å². The molecule has 38 heavy (non-hydrogen) atoms. The highest BCUT2D eigenvalue weighted by atomic mass is 16.7. The highest BCUT2D eigenvalue weighted by Crippen LogP contribution is 2.34. The Bertz CT molecular complexity index is 1180. The second kappa shape index (κ2) is 12.8. The summed E-state index contributed by atoms with van der Waals surface area (Å²) in [4.78, 5) is 58.2. The van der Waals surface area contributed by atoms with Crippen molar-refractivity contribution in [3.05, 3.63) is 41.7 Å². The van der Waals surface area contributed by atoms with Crippen LogP contribution in [0, 0.1) is 0 Å². The number of aldehydes is 1. The van der Waals surface area contributed by atoms with E-state index in [1.54, 1.807) is 24.3 Å². The SMILES string of the molecule is CC(=O)OC[C@H]1O[C@@H](n2cc(COc3cccc(C=O)c3)nn2)[C@H](OC(C)=O)[C@@H](OC(C)=O)[C@@H]1OC(C)=O. The molecule has 3 rings (SSSR count). The molecular weight excluding hydrogens is 506 g/mol. The van der Waals surface area contributed by atoms with Crippen molar-refractivity contribution in [3.63, 3.8) is 0 Å². The summed E-state index contributed by atoms with van der Waals surface area (Å²) in [6.07, 6.45) is -4.16. The van der Waals surface area contributed by atoms with Crippen molar-refractivity contribution in [2.45, 2.75) is 64.9 Å². The Hall–Kier alpha value is -4.33. The van der Waals surface area contributed by atoms with E-state index < -0.39 is 54.5 Å². The third kappa shape index (κ3) is 7.59. The molecule has 14 nitrogen and oxygen atoms in total. The lowest BCUT2D eigenvalue weighted by Crippen LogP contribution is -2.60. The van der Waals surface area contributed by atoms with Crippen LogP contribution < -0.4 is 4.74 Å². The third-order valence-electron chi connectivity index (χ3n) is 5.17. The fraction of sp³-hybridized carbons (Fsp3) is 0.458. The van der Waals surface area contributed by atoms with Gasteiger partial charge in [0.15, 0.2) is 24.5 Å². The Morgan fingerprint density at radius 1 is 0.947 bits per heavy atom. The summed E-state index contributed by atoms with van der Waals surface area (Å²) in [5, 5.41) is 8.07. The minimum Gasteiger partial charge on any atom is -0.487 e. The van der Waals surface area contributed by atoms with Crippen LogP contribution in [0.3, 0.4) is 0 Å². The predicted octanol–water partition coefficient (Wildman–Crippen LogP) is 0.925. The van der Waals surface area contributed by atoms with Gasteiger partial charge in [0.25, 0.3) is 0 Å². The zero-order chi connectivity index (χ0) is 27.8. The van der Waals surface area contributed by atoms with Gasteiger partial charge in [-0.2, -0.15) is 0 Å².